The summed E-state index contributed by atoms with van der Waals surface area (Å²) in [7, 11) is 1.57. The minimum absolute atomic E-state index is 0.106. The molecule has 0 bridgehead atoms. The van der Waals surface area contributed by atoms with Crippen molar-refractivity contribution < 1.29 is 9.84 Å². The zero-order chi connectivity index (χ0) is 20.3. The quantitative estimate of drug-likeness (QED) is 0.614. The smallest absolute Gasteiger partial charge is 0.332 e. The van der Waals surface area contributed by atoms with E-state index in [0.29, 0.717) is 19.6 Å². The Morgan fingerprint density at radius 2 is 2.00 bits per heavy atom. The maximum atomic E-state index is 13.1. The highest BCUT2D eigenvalue weighted by molar-refractivity contribution is 5.72. The highest BCUT2D eigenvalue weighted by Gasteiger charge is 2.21. The fourth-order valence-corrected chi connectivity index (χ4v) is 2.98. The lowest BCUT2D eigenvalue weighted by Crippen LogP contribution is -2.40. The van der Waals surface area contributed by atoms with E-state index in [-0.39, 0.29) is 30.3 Å². The molecule has 0 aliphatic heterocycles. The van der Waals surface area contributed by atoms with Crippen LogP contribution in [0.2, 0.25) is 0 Å². The molecular weight excluding hydrogens is 362 g/mol. The highest BCUT2D eigenvalue weighted by Crippen LogP contribution is 2.19. The lowest BCUT2D eigenvalue weighted by atomic mass is 10.3. The van der Waals surface area contributed by atoms with Crippen LogP contribution in [0, 0.1) is 6.92 Å². The number of rotatable bonds is 8. The Hall–Kier alpha value is -2.94. The van der Waals surface area contributed by atoms with Crippen LogP contribution in [0.4, 0.5) is 0 Å². The van der Waals surface area contributed by atoms with E-state index in [9.17, 15) is 9.59 Å². The maximum Gasteiger partial charge on any atom is 0.332 e. The molecule has 3 rings (SSSR count). The van der Waals surface area contributed by atoms with Crippen molar-refractivity contribution in [2.45, 2.75) is 39.8 Å². The van der Waals surface area contributed by atoms with Gasteiger partial charge >= 0.3 is 5.69 Å². The lowest BCUT2D eigenvalue weighted by Gasteiger charge is -2.11. The average molecular weight is 387 g/mol. The normalized spacial score (nSPS) is 11.3. The Morgan fingerprint density at radius 1 is 1.21 bits per heavy atom. The standard InChI is InChI=1S/C19H25N5O4/c1-4-10-28-18-21-16-15(24(18)12-14-7-6-13(2)11-20-14)17(26)23(8-5-9-25)19(27)22(16)3/h6-7,11,25H,4-5,8-10,12H2,1-3H3. The zero-order valence-corrected chi connectivity index (χ0v) is 16.4. The molecule has 0 aliphatic carbocycles. The molecule has 9 nitrogen and oxygen atoms in total. The molecule has 150 valence electrons. The summed E-state index contributed by atoms with van der Waals surface area (Å²) in [5.74, 6) is 0. The van der Waals surface area contributed by atoms with E-state index in [1.54, 1.807) is 17.8 Å². The van der Waals surface area contributed by atoms with Crippen molar-refractivity contribution in [2.24, 2.45) is 7.05 Å². The van der Waals surface area contributed by atoms with Crippen molar-refractivity contribution in [1.82, 2.24) is 23.7 Å². The van der Waals surface area contributed by atoms with Gasteiger partial charge < -0.3 is 9.84 Å². The van der Waals surface area contributed by atoms with Gasteiger partial charge in [-0.2, -0.15) is 4.98 Å². The van der Waals surface area contributed by atoms with Crippen molar-refractivity contribution in [3.05, 3.63) is 50.4 Å². The molecule has 9 heteroatoms. The Morgan fingerprint density at radius 3 is 2.64 bits per heavy atom. The first-order valence-corrected chi connectivity index (χ1v) is 9.33. The Labute approximate surface area is 161 Å². The summed E-state index contributed by atoms with van der Waals surface area (Å²) >= 11 is 0. The van der Waals surface area contributed by atoms with Crippen molar-refractivity contribution in [3.63, 3.8) is 0 Å². The second kappa shape index (κ2) is 8.39. The molecule has 0 saturated carbocycles. The van der Waals surface area contributed by atoms with Gasteiger partial charge in [-0.05, 0) is 31.4 Å². The maximum absolute atomic E-state index is 13.1. The Kier molecular flexibility index (Phi) is 5.93. The van der Waals surface area contributed by atoms with Crippen LogP contribution >= 0.6 is 0 Å². The monoisotopic (exact) mass is 387 g/mol. The van der Waals surface area contributed by atoms with Gasteiger partial charge in [0, 0.05) is 26.4 Å². The molecule has 3 heterocycles. The number of nitrogens with zero attached hydrogens (tertiary/aromatic N) is 5. The van der Waals surface area contributed by atoms with E-state index in [4.69, 9.17) is 9.84 Å². The Bertz CT molecular complexity index is 1080. The number of aliphatic hydroxyl groups is 1. The molecule has 0 saturated heterocycles. The van der Waals surface area contributed by atoms with Crippen molar-refractivity contribution in [3.8, 4) is 6.01 Å². The second-order valence-corrected chi connectivity index (χ2v) is 6.70. The van der Waals surface area contributed by atoms with Gasteiger partial charge in [0.25, 0.3) is 11.6 Å². The molecule has 0 unspecified atom stereocenters. The largest absolute Gasteiger partial charge is 0.465 e. The summed E-state index contributed by atoms with van der Waals surface area (Å²) in [6.07, 6.45) is 2.86. The van der Waals surface area contributed by atoms with Crippen molar-refractivity contribution in [1.29, 1.82) is 0 Å². The van der Waals surface area contributed by atoms with Crippen molar-refractivity contribution >= 4 is 11.2 Å². The first kappa shape index (κ1) is 19.8. The summed E-state index contributed by atoms with van der Waals surface area (Å²) in [5.41, 5.74) is 1.43. The zero-order valence-electron chi connectivity index (χ0n) is 16.4. The van der Waals surface area contributed by atoms with Gasteiger partial charge in [0.05, 0.1) is 18.8 Å². The number of imidazole rings is 1. The molecular formula is C19H25N5O4. The van der Waals surface area contributed by atoms with Crippen LogP contribution in [-0.4, -0.2) is 42.0 Å². The first-order chi connectivity index (χ1) is 13.5. The van der Waals surface area contributed by atoms with Crippen LogP contribution < -0.4 is 16.0 Å². The van der Waals surface area contributed by atoms with Crippen LogP contribution in [0.25, 0.3) is 11.2 Å². The Balaban J connectivity index is 2.22. The van der Waals surface area contributed by atoms with E-state index < -0.39 is 11.2 Å². The van der Waals surface area contributed by atoms with Gasteiger partial charge in [0.15, 0.2) is 11.2 Å². The summed E-state index contributed by atoms with van der Waals surface area (Å²) in [6.45, 7) is 4.70. The number of aliphatic hydroxyl groups excluding tert-OH is 1. The summed E-state index contributed by atoms with van der Waals surface area (Å²) in [4.78, 5) is 34.5. The minimum Gasteiger partial charge on any atom is -0.465 e. The van der Waals surface area contributed by atoms with Crippen LogP contribution in [0.15, 0.2) is 27.9 Å². The topological polar surface area (TPSA) is 104 Å². The molecule has 0 aliphatic rings. The lowest BCUT2D eigenvalue weighted by molar-refractivity contribution is 0.277. The molecule has 0 aromatic carbocycles. The number of fused-ring (bicyclic) bond motifs is 1. The molecule has 3 aromatic heterocycles. The summed E-state index contributed by atoms with van der Waals surface area (Å²) in [5, 5.41) is 9.09. The molecule has 0 atom stereocenters. The molecule has 28 heavy (non-hydrogen) atoms. The van der Waals surface area contributed by atoms with Crippen LogP contribution in [0.1, 0.15) is 31.0 Å². The average Bonchev–Trinajstić information content (AvgIpc) is 3.05. The summed E-state index contributed by atoms with van der Waals surface area (Å²) in [6, 6.07) is 4.12. The van der Waals surface area contributed by atoms with Crippen molar-refractivity contribution in [2.75, 3.05) is 13.2 Å². The number of aromatic nitrogens is 5. The minimum atomic E-state index is -0.467. The molecule has 1 N–H and O–H groups in total. The third-order valence-corrected chi connectivity index (χ3v) is 4.47. The SMILES string of the molecule is CCCOc1nc2c(c(=O)n(CCCO)c(=O)n2C)n1Cc1ccc(C)cn1. The van der Waals surface area contributed by atoms with Crippen LogP contribution in [0.5, 0.6) is 6.01 Å². The number of aryl methyl sites for hydroxylation is 2. The van der Waals surface area contributed by atoms with E-state index in [0.717, 1.165) is 22.2 Å². The summed E-state index contributed by atoms with van der Waals surface area (Å²) < 4.78 is 9.89. The fourth-order valence-electron chi connectivity index (χ4n) is 2.98. The number of pyridine rings is 1. The molecule has 0 fully saturated rings. The number of ether oxygens (including phenoxy) is 1. The molecule has 0 spiro atoms. The van der Waals surface area contributed by atoms with E-state index >= 15 is 0 Å². The van der Waals surface area contributed by atoms with Gasteiger partial charge in [-0.1, -0.05) is 13.0 Å². The third-order valence-electron chi connectivity index (χ3n) is 4.47. The number of hydrogen-bond donors (Lipinski definition) is 1. The molecule has 0 amide bonds. The van der Waals surface area contributed by atoms with Gasteiger partial charge in [-0.25, -0.2) is 4.79 Å². The highest BCUT2D eigenvalue weighted by atomic mass is 16.5. The third kappa shape index (κ3) is 3.70. The van der Waals surface area contributed by atoms with Gasteiger partial charge in [0.2, 0.25) is 0 Å². The second-order valence-electron chi connectivity index (χ2n) is 6.70. The molecule has 0 radical (unpaired) electrons. The predicted octanol–water partition coefficient (Wildman–Crippen LogP) is 0.820. The van der Waals surface area contributed by atoms with Gasteiger partial charge in [-0.15, -0.1) is 0 Å². The first-order valence-electron chi connectivity index (χ1n) is 9.33. The fraction of sp³-hybridized carbons (Fsp3) is 0.474. The van der Waals surface area contributed by atoms with E-state index in [1.807, 2.05) is 26.0 Å². The van der Waals surface area contributed by atoms with Gasteiger partial charge in [0.1, 0.15) is 0 Å². The van der Waals surface area contributed by atoms with E-state index in [1.165, 1.54) is 4.57 Å². The number of hydrogen-bond acceptors (Lipinski definition) is 6. The van der Waals surface area contributed by atoms with Crippen LogP contribution in [-0.2, 0) is 20.1 Å². The van der Waals surface area contributed by atoms with Crippen LogP contribution in [0.3, 0.4) is 0 Å². The molecule has 3 aromatic rings. The van der Waals surface area contributed by atoms with E-state index in [2.05, 4.69) is 9.97 Å². The van der Waals surface area contributed by atoms with Gasteiger partial charge in [-0.3, -0.25) is 23.5 Å². The predicted molar refractivity (Wildman–Crippen MR) is 105 cm³/mol.